The van der Waals surface area contributed by atoms with E-state index in [2.05, 4.69) is 31.2 Å². The molecule has 6 aliphatic carbocycles. The van der Waals surface area contributed by atoms with Crippen molar-refractivity contribution in [3.63, 3.8) is 0 Å². The molecular weight excluding hydrogens is 424 g/mol. The summed E-state index contributed by atoms with van der Waals surface area (Å²) in [6.45, 7) is 3.25. The van der Waals surface area contributed by atoms with Crippen molar-refractivity contribution >= 4 is 0 Å². The topological polar surface area (TPSA) is 36.9 Å². The minimum Gasteiger partial charge on any atom is -0.493 e. The Bertz CT molecular complexity index is 834. The lowest BCUT2D eigenvalue weighted by atomic mass is 9.53. The second kappa shape index (κ2) is 8.49. The zero-order valence-corrected chi connectivity index (χ0v) is 20.9. The van der Waals surface area contributed by atoms with Gasteiger partial charge in [-0.2, -0.15) is 9.78 Å². The highest BCUT2D eigenvalue weighted by Crippen LogP contribution is 2.64. The molecule has 6 saturated carbocycles. The van der Waals surface area contributed by atoms with Crippen molar-refractivity contribution < 1.29 is 19.2 Å². The zero-order valence-electron chi connectivity index (χ0n) is 20.9. The van der Waals surface area contributed by atoms with E-state index in [4.69, 9.17) is 19.2 Å². The first-order chi connectivity index (χ1) is 16.6. The van der Waals surface area contributed by atoms with Crippen LogP contribution in [0.1, 0.15) is 102 Å². The van der Waals surface area contributed by atoms with Crippen molar-refractivity contribution in [2.24, 2.45) is 35.5 Å². The molecule has 34 heavy (non-hydrogen) atoms. The minimum atomic E-state index is -0.508. The molecule has 0 unspecified atom stereocenters. The van der Waals surface area contributed by atoms with Crippen LogP contribution in [-0.2, 0) is 14.5 Å². The highest BCUT2D eigenvalue weighted by Gasteiger charge is 2.66. The third kappa shape index (κ3) is 3.83. The Balaban J connectivity index is 0.941. The molecule has 0 N–H and O–H groups in total. The molecule has 186 valence electrons. The standard InChI is InChI=1S/C30H42O4/c1-20-2-4-21(5-3-20)19-31-28-8-6-24(7-9-28)25-10-12-29(13-11-25)32-30(34-33-29)26-15-22-14-23(17-26)18-27(30)16-22/h6-9,20-23,25-27H,2-5,10-19H2,1H3/t20?,21?,22?,23?,25-,26?,27?,29+,30-. The number of rotatable bonds is 4. The predicted octanol–water partition coefficient (Wildman–Crippen LogP) is 7.38. The van der Waals surface area contributed by atoms with Crippen molar-refractivity contribution in [3.8, 4) is 5.75 Å². The lowest BCUT2D eigenvalue weighted by Crippen LogP contribution is -2.59. The highest BCUT2D eigenvalue weighted by atomic mass is 17.3. The van der Waals surface area contributed by atoms with Gasteiger partial charge in [0, 0.05) is 24.7 Å². The fourth-order valence-corrected chi connectivity index (χ4v) is 8.73. The van der Waals surface area contributed by atoms with Gasteiger partial charge in [0.2, 0.25) is 11.6 Å². The van der Waals surface area contributed by atoms with Gasteiger partial charge in [-0.1, -0.05) is 31.9 Å². The molecule has 7 aliphatic rings. The maximum atomic E-state index is 6.89. The van der Waals surface area contributed by atoms with E-state index in [1.807, 2.05) is 0 Å². The molecule has 8 rings (SSSR count). The van der Waals surface area contributed by atoms with Gasteiger partial charge >= 0.3 is 0 Å². The Kier molecular flexibility index (Phi) is 5.52. The normalized spacial score (nSPS) is 47.5. The van der Waals surface area contributed by atoms with Crippen LogP contribution in [0.3, 0.4) is 0 Å². The first kappa shape index (κ1) is 22.1. The summed E-state index contributed by atoms with van der Waals surface area (Å²) < 4.78 is 13.0. The monoisotopic (exact) mass is 466 g/mol. The summed E-state index contributed by atoms with van der Waals surface area (Å²) in [5, 5.41) is 0. The van der Waals surface area contributed by atoms with E-state index in [1.165, 1.54) is 63.4 Å². The molecule has 7 fully saturated rings. The van der Waals surface area contributed by atoms with Crippen LogP contribution in [0.25, 0.3) is 0 Å². The van der Waals surface area contributed by atoms with Crippen LogP contribution in [0.2, 0.25) is 0 Å². The van der Waals surface area contributed by atoms with E-state index in [9.17, 15) is 0 Å². The lowest BCUT2D eigenvalue weighted by Gasteiger charge is -2.57. The second-order valence-corrected chi connectivity index (χ2v) is 13.0. The molecule has 4 heteroatoms. The molecule has 0 amide bonds. The number of hydrogen-bond donors (Lipinski definition) is 0. The van der Waals surface area contributed by atoms with Crippen LogP contribution in [0.4, 0.5) is 0 Å². The molecule has 4 bridgehead atoms. The van der Waals surface area contributed by atoms with Crippen molar-refractivity contribution in [1.82, 2.24) is 0 Å². The van der Waals surface area contributed by atoms with Gasteiger partial charge in [-0.25, -0.2) is 0 Å². The molecule has 4 nitrogen and oxygen atoms in total. The van der Waals surface area contributed by atoms with E-state index in [1.54, 1.807) is 0 Å². The van der Waals surface area contributed by atoms with Crippen LogP contribution >= 0.6 is 0 Å². The zero-order chi connectivity index (χ0) is 22.8. The smallest absolute Gasteiger partial charge is 0.210 e. The van der Waals surface area contributed by atoms with E-state index in [0.29, 0.717) is 17.8 Å². The minimum absolute atomic E-state index is 0.435. The maximum Gasteiger partial charge on any atom is 0.210 e. The van der Waals surface area contributed by atoms with Gasteiger partial charge in [-0.15, -0.1) is 0 Å². The molecule has 1 aromatic carbocycles. The van der Waals surface area contributed by atoms with E-state index in [-0.39, 0.29) is 0 Å². The SMILES string of the molecule is CC1CCC(COc2ccc([C@H]3CC[C@]4(CC3)OO[C@]3(O4)C4CC5CC(C4)CC3C5)cc2)CC1. The van der Waals surface area contributed by atoms with Crippen molar-refractivity contribution in [2.75, 3.05) is 6.61 Å². The largest absolute Gasteiger partial charge is 0.493 e. The van der Waals surface area contributed by atoms with Crippen molar-refractivity contribution in [3.05, 3.63) is 29.8 Å². The van der Waals surface area contributed by atoms with Gasteiger partial charge in [0.15, 0.2) is 0 Å². The Morgan fingerprint density at radius 1 is 0.794 bits per heavy atom. The molecule has 0 atom stereocenters. The molecular formula is C30H42O4. The van der Waals surface area contributed by atoms with Crippen LogP contribution in [0, 0.1) is 35.5 Å². The van der Waals surface area contributed by atoms with E-state index in [0.717, 1.165) is 61.7 Å². The van der Waals surface area contributed by atoms with Gasteiger partial charge in [0.25, 0.3) is 0 Å². The van der Waals surface area contributed by atoms with Crippen LogP contribution in [0.5, 0.6) is 5.75 Å². The van der Waals surface area contributed by atoms with Gasteiger partial charge < -0.3 is 9.47 Å². The molecule has 1 heterocycles. The molecule has 1 saturated heterocycles. The van der Waals surface area contributed by atoms with E-state index < -0.39 is 11.6 Å². The van der Waals surface area contributed by atoms with E-state index >= 15 is 0 Å². The summed E-state index contributed by atoms with van der Waals surface area (Å²) in [5.41, 5.74) is 1.43. The first-order valence-electron chi connectivity index (χ1n) is 14.4. The number of hydrogen-bond acceptors (Lipinski definition) is 4. The fraction of sp³-hybridized carbons (Fsp3) is 0.800. The molecule has 1 aromatic rings. The Hall–Kier alpha value is -1.10. The lowest BCUT2D eigenvalue weighted by molar-refractivity contribution is -0.390. The van der Waals surface area contributed by atoms with Gasteiger partial charge in [0.1, 0.15) is 5.75 Å². The third-order valence-electron chi connectivity index (χ3n) is 10.7. The van der Waals surface area contributed by atoms with Crippen LogP contribution in [0.15, 0.2) is 24.3 Å². The Labute approximate surface area is 205 Å². The summed E-state index contributed by atoms with van der Waals surface area (Å²) in [7, 11) is 0. The van der Waals surface area contributed by atoms with Crippen molar-refractivity contribution in [1.29, 1.82) is 0 Å². The fourth-order valence-electron chi connectivity index (χ4n) is 8.73. The van der Waals surface area contributed by atoms with Gasteiger partial charge in [-0.3, -0.25) is 0 Å². The first-order valence-corrected chi connectivity index (χ1v) is 14.4. The second-order valence-electron chi connectivity index (χ2n) is 13.0. The summed E-state index contributed by atoms with van der Waals surface area (Å²) in [5.74, 6) is 5.19. The average Bonchev–Trinajstić information content (AvgIpc) is 3.22. The number of benzene rings is 1. The average molecular weight is 467 g/mol. The molecule has 0 aromatic heterocycles. The van der Waals surface area contributed by atoms with Gasteiger partial charge in [0.05, 0.1) is 6.61 Å². The summed E-state index contributed by atoms with van der Waals surface area (Å²) in [4.78, 5) is 12.3. The van der Waals surface area contributed by atoms with Crippen molar-refractivity contribution in [2.45, 2.75) is 108 Å². The quantitative estimate of drug-likeness (QED) is 0.434. The predicted molar refractivity (Wildman–Crippen MR) is 130 cm³/mol. The van der Waals surface area contributed by atoms with Gasteiger partial charge in [-0.05, 0) is 105 Å². The molecule has 1 aliphatic heterocycles. The third-order valence-corrected chi connectivity index (χ3v) is 10.7. The summed E-state index contributed by atoms with van der Waals surface area (Å²) >= 11 is 0. The van der Waals surface area contributed by atoms with Crippen LogP contribution in [-0.4, -0.2) is 18.2 Å². The molecule has 2 spiro atoms. The summed E-state index contributed by atoms with van der Waals surface area (Å²) in [6.07, 6.45) is 16.0. The maximum absolute atomic E-state index is 6.89. The number of ether oxygens (including phenoxy) is 2. The Morgan fingerprint density at radius 3 is 2.09 bits per heavy atom. The Morgan fingerprint density at radius 2 is 1.44 bits per heavy atom. The van der Waals surface area contributed by atoms with Crippen LogP contribution < -0.4 is 4.74 Å². The summed E-state index contributed by atoms with van der Waals surface area (Å²) in [6, 6.07) is 8.93. The molecule has 0 radical (unpaired) electrons. The highest BCUT2D eigenvalue weighted by molar-refractivity contribution is 5.30.